The van der Waals surface area contributed by atoms with E-state index in [1.807, 2.05) is 6.92 Å². The molecule has 0 saturated carbocycles. The first-order chi connectivity index (χ1) is 10.4. The zero-order valence-electron chi connectivity index (χ0n) is 13.2. The predicted molar refractivity (Wildman–Crippen MR) is 91.9 cm³/mol. The number of pyridine rings is 1. The van der Waals surface area contributed by atoms with Crippen LogP contribution in [-0.2, 0) is 16.4 Å². The van der Waals surface area contributed by atoms with Gasteiger partial charge in [-0.1, -0.05) is 13.8 Å². The van der Waals surface area contributed by atoms with E-state index in [1.165, 1.54) is 16.6 Å². The molecule has 0 spiro atoms. The van der Waals surface area contributed by atoms with Crippen LogP contribution >= 0.6 is 24.0 Å². The Morgan fingerprint density at radius 3 is 2.35 bits per heavy atom. The van der Waals surface area contributed by atoms with Crippen LogP contribution in [0.3, 0.4) is 0 Å². The summed E-state index contributed by atoms with van der Waals surface area (Å²) in [5.74, 6) is 0. The van der Waals surface area contributed by atoms with E-state index < -0.39 is 15.3 Å². The molecule has 2 heterocycles. The van der Waals surface area contributed by atoms with Crippen LogP contribution in [0.4, 0.5) is 0 Å². The minimum atomic E-state index is -3.64. The summed E-state index contributed by atoms with van der Waals surface area (Å²) in [4.78, 5) is 17.8. The molecule has 0 amide bonds. The van der Waals surface area contributed by atoms with Gasteiger partial charge in [-0.3, -0.25) is 9.78 Å². The Morgan fingerprint density at radius 1 is 1.26 bits per heavy atom. The lowest BCUT2D eigenvalue weighted by atomic mass is 10.2. The Balaban J connectivity index is 0.00000264. The van der Waals surface area contributed by atoms with E-state index >= 15 is 0 Å². The molecule has 1 aromatic heterocycles. The molecular weight excluding hydrogens is 361 g/mol. The highest BCUT2D eigenvalue weighted by Gasteiger charge is 2.29. The van der Waals surface area contributed by atoms with Crippen LogP contribution < -0.4 is 0 Å². The van der Waals surface area contributed by atoms with Gasteiger partial charge in [-0.05, 0) is 30.6 Å². The van der Waals surface area contributed by atoms with Crippen molar-refractivity contribution in [2.75, 3.05) is 32.7 Å². The highest BCUT2D eigenvalue weighted by Crippen LogP contribution is 2.21. The number of nitrogens with zero attached hydrogens (tertiary/aromatic N) is 3. The summed E-state index contributed by atoms with van der Waals surface area (Å²) in [6, 6.07) is 1.34. The molecule has 130 valence electrons. The summed E-state index contributed by atoms with van der Waals surface area (Å²) in [5.41, 5.74) is 0.673. The van der Waals surface area contributed by atoms with Gasteiger partial charge in [-0.2, -0.15) is 4.31 Å². The lowest BCUT2D eigenvalue weighted by Crippen LogP contribution is -2.48. The quantitative estimate of drug-likeness (QED) is 0.726. The van der Waals surface area contributed by atoms with Crippen molar-refractivity contribution in [2.24, 2.45) is 0 Å². The van der Waals surface area contributed by atoms with Crippen molar-refractivity contribution in [2.45, 2.75) is 25.2 Å². The minimum absolute atomic E-state index is 0. The predicted octanol–water partition coefficient (Wildman–Crippen LogP) is 1.77. The third kappa shape index (κ3) is 4.42. The van der Waals surface area contributed by atoms with E-state index in [1.54, 1.807) is 0 Å². The normalized spacial score (nSPS) is 16.8. The summed E-state index contributed by atoms with van der Waals surface area (Å²) >= 11 is 5.54. The average molecular weight is 382 g/mol. The maximum absolute atomic E-state index is 12.7. The maximum atomic E-state index is 12.7. The number of piperazine rings is 1. The van der Waals surface area contributed by atoms with E-state index in [4.69, 9.17) is 11.6 Å². The second-order valence-corrected chi connectivity index (χ2v) is 7.41. The fraction of sp³-hybridized carbons (Fsp3) is 0.571. The summed E-state index contributed by atoms with van der Waals surface area (Å²) in [6.07, 6.45) is 1.83. The highest BCUT2D eigenvalue weighted by molar-refractivity contribution is 7.89. The van der Waals surface area contributed by atoms with Crippen molar-refractivity contribution in [1.29, 1.82) is 0 Å². The smallest absolute Gasteiger partial charge is 0.254 e. The zero-order valence-corrected chi connectivity index (χ0v) is 15.5. The van der Waals surface area contributed by atoms with Crippen LogP contribution in [-0.4, -0.2) is 60.6 Å². The topological polar surface area (TPSA) is 70.6 Å². The Bertz CT molecular complexity index is 659. The number of hydrogen-bond donors (Lipinski definition) is 0. The van der Waals surface area contributed by atoms with Crippen LogP contribution in [0.1, 0.15) is 29.9 Å². The molecule has 9 heteroatoms. The van der Waals surface area contributed by atoms with Crippen molar-refractivity contribution in [1.82, 2.24) is 14.2 Å². The van der Waals surface area contributed by atoms with E-state index in [9.17, 15) is 13.2 Å². The molecule has 1 saturated heterocycles. The molecule has 0 N–H and O–H groups in total. The zero-order chi connectivity index (χ0) is 16.3. The van der Waals surface area contributed by atoms with Crippen LogP contribution in [0.15, 0.2) is 17.2 Å². The molecule has 1 aliphatic heterocycles. The molecule has 1 aromatic rings. The summed E-state index contributed by atoms with van der Waals surface area (Å²) < 4.78 is 26.8. The molecule has 0 unspecified atom stereocenters. The second kappa shape index (κ2) is 8.39. The number of carbonyl (C=O) groups is 1. The molecule has 0 bridgehead atoms. The molecule has 0 atom stereocenters. The van der Waals surface area contributed by atoms with Crippen LogP contribution in [0.25, 0.3) is 0 Å². The number of sulfonamides is 1. The van der Waals surface area contributed by atoms with Gasteiger partial charge in [0.05, 0.1) is 11.3 Å². The summed E-state index contributed by atoms with van der Waals surface area (Å²) in [5, 5.41) is -0.683. The Labute approximate surface area is 148 Å². The molecule has 6 nitrogen and oxygen atoms in total. The largest absolute Gasteiger partial charge is 0.301 e. The Morgan fingerprint density at radius 2 is 1.87 bits per heavy atom. The molecule has 0 aromatic carbocycles. The monoisotopic (exact) mass is 381 g/mol. The molecule has 0 radical (unpaired) electrons. The number of aryl methyl sites for hydroxylation is 1. The minimum Gasteiger partial charge on any atom is -0.301 e. The van der Waals surface area contributed by atoms with Gasteiger partial charge in [0, 0.05) is 32.4 Å². The highest BCUT2D eigenvalue weighted by atomic mass is 35.5. The lowest BCUT2D eigenvalue weighted by Gasteiger charge is -2.33. The molecule has 0 aliphatic carbocycles. The fourth-order valence-corrected chi connectivity index (χ4v) is 4.06. The van der Waals surface area contributed by atoms with Crippen LogP contribution in [0.2, 0.25) is 0 Å². The standard InChI is InChI=1S/C14H20ClN3O3S.ClH/c1-3-13-12(14(15)19)9-11(10-16-13)22(20,21)18-7-5-17(4-2)6-8-18;/h9-10H,3-8H2,1-2H3;1H. The van der Waals surface area contributed by atoms with Crippen LogP contribution in [0, 0.1) is 0 Å². The van der Waals surface area contributed by atoms with Gasteiger partial charge in [0.25, 0.3) is 5.24 Å². The molecule has 1 fully saturated rings. The van der Waals surface area contributed by atoms with Gasteiger partial charge >= 0.3 is 0 Å². The van der Waals surface area contributed by atoms with Gasteiger partial charge < -0.3 is 4.90 Å². The Kier molecular flexibility index (Phi) is 7.41. The summed E-state index contributed by atoms with van der Waals surface area (Å²) in [7, 11) is -3.64. The van der Waals surface area contributed by atoms with Crippen molar-refractivity contribution < 1.29 is 13.2 Å². The second-order valence-electron chi connectivity index (χ2n) is 5.13. The average Bonchev–Trinajstić information content (AvgIpc) is 2.54. The van der Waals surface area contributed by atoms with E-state index in [2.05, 4.69) is 16.8 Å². The van der Waals surface area contributed by atoms with E-state index in [0.717, 1.165) is 6.54 Å². The van der Waals surface area contributed by atoms with Gasteiger partial charge in [-0.15, -0.1) is 12.4 Å². The first-order valence-corrected chi connectivity index (χ1v) is 9.13. The van der Waals surface area contributed by atoms with Crippen LogP contribution in [0.5, 0.6) is 0 Å². The number of carbonyl (C=O) groups excluding carboxylic acids is 1. The number of halogens is 2. The molecule has 2 rings (SSSR count). The van der Waals surface area contributed by atoms with Gasteiger partial charge in [0.2, 0.25) is 10.0 Å². The third-order valence-corrected chi connectivity index (χ3v) is 5.98. The molecular formula is C14H21Cl2N3O3S. The molecule has 1 aliphatic rings. The molecule has 23 heavy (non-hydrogen) atoms. The first kappa shape index (κ1) is 20.3. The summed E-state index contributed by atoms with van der Waals surface area (Å²) in [6.45, 7) is 7.09. The fourth-order valence-electron chi connectivity index (χ4n) is 2.50. The van der Waals surface area contributed by atoms with E-state index in [-0.39, 0.29) is 22.9 Å². The van der Waals surface area contributed by atoms with Gasteiger partial charge in [0.15, 0.2) is 0 Å². The van der Waals surface area contributed by atoms with Gasteiger partial charge in [-0.25, -0.2) is 8.42 Å². The number of hydrogen-bond acceptors (Lipinski definition) is 5. The van der Waals surface area contributed by atoms with Gasteiger partial charge in [0.1, 0.15) is 4.90 Å². The van der Waals surface area contributed by atoms with Crippen molar-refractivity contribution in [3.8, 4) is 0 Å². The van der Waals surface area contributed by atoms with Crippen molar-refractivity contribution >= 4 is 39.3 Å². The third-order valence-electron chi connectivity index (χ3n) is 3.91. The number of rotatable bonds is 5. The Hall–Kier alpha value is -0.730. The number of aromatic nitrogens is 1. The van der Waals surface area contributed by atoms with E-state index in [0.29, 0.717) is 38.3 Å². The lowest BCUT2D eigenvalue weighted by molar-refractivity contribution is 0.108. The number of likely N-dealkylation sites (N-methyl/N-ethyl adjacent to an activating group) is 1. The van der Waals surface area contributed by atoms with Crippen molar-refractivity contribution in [3.63, 3.8) is 0 Å². The first-order valence-electron chi connectivity index (χ1n) is 7.31. The van der Waals surface area contributed by atoms with Crippen molar-refractivity contribution in [3.05, 3.63) is 23.5 Å². The SMILES string of the molecule is CCc1ncc(S(=O)(=O)N2CCN(CC)CC2)cc1C(=O)Cl.Cl. The maximum Gasteiger partial charge on any atom is 0.254 e.